The predicted octanol–water partition coefficient (Wildman–Crippen LogP) is 1.39. The van der Waals surface area contributed by atoms with Gasteiger partial charge in [0.15, 0.2) is 0 Å². The summed E-state index contributed by atoms with van der Waals surface area (Å²) in [6, 6.07) is 3.58. The molecule has 0 aromatic carbocycles. The van der Waals surface area contributed by atoms with Crippen molar-refractivity contribution in [2.45, 2.75) is 12.8 Å². The molecule has 0 N–H and O–H groups in total. The van der Waals surface area contributed by atoms with E-state index in [4.69, 9.17) is 4.74 Å². The Morgan fingerprint density at radius 2 is 2.33 bits per heavy atom. The number of carbonyl (C=O) groups excluding carboxylic acids is 1. The first-order chi connectivity index (χ1) is 5.77. The number of aldehydes is 1. The maximum atomic E-state index is 10.4. The second kappa shape index (κ2) is 3.85. The molecule has 12 heavy (non-hydrogen) atoms. The molecule has 1 rings (SSSR count). The van der Waals surface area contributed by atoms with Crippen molar-refractivity contribution in [3.63, 3.8) is 0 Å². The third-order valence-corrected chi connectivity index (χ3v) is 1.70. The molecule has 3 heteroatoms. The number of nitrogens with zero attached hydrogens (tertiary/aromatic N) is 1. The van der Waals surface area contributed by atoms with Crippen LogP contribution in [0, 0.1) is 0 Å². The summed E-state index contributed by atoms with van der Waals surface area (Å²) in [6.07, 6.45) is 2.54. The van der Waals surface area contributed by atoms with Crippen molar-refractivity contribution in [2.24, 2.45) is 0 Å². The van der Waals surface area contributed by atoms with Gasteiger partial charge in [-0.2, -0.15) is 0 Å². The summed E-state index contributed by atoms with van der Waals surface area (Å²) in [5.74, 6) is 0.472. The fourth-order valence-corrected chi connectivity index (χ4v) is 0.860. The van der Waals surface area contributed by atoms with Crippen LogP contribution < -0.4 is 4.74 Å². The molecule has 0 aliphatic heterocycles. The third kappa shape index (κ3) is 1.81. The lowest BCUT2D eigenvalue weighted by molar-refractivity contribution is -0.108. The van der Waals surface area contributed by atoms with Crippen LogP contribution in [0.25, 0.3) is 0 Å². The summed E-state index contributed by atoms with van der Waals surface area (Å²) < 4.78 is 4.88. The van der Waals surface area contributed by atoms with E-state index in [9.17, 15) is 4.79 Å². The van der Waals surface area contributed by atoms with Gasteiger partial charge in [-0.1, -0.05) is 13.0 Å². The zero-order valence-electron chi connectivity index (χ0n) is 7.15. The van der Waals surface area contributed by atoms with Crippen LogP contribution in [0.2, 0.25) is 0 Å². The van der Waals surface area contributed by atoms with Gasteiger partial charge in [-0.15, -0.1) is 0 Å². The van der Waals surface area contributed by atoms with Gasteiger partial charge in [-0.05, 0) is 5.56 Å². The number of carbonyl (C=O) groups is 1. The summed E-state index contributed by atoms with van der Waals surface area (Å²) in [5.41, 5.74) is 0.908. The molecule has 1 heterocycles. The van der Waals surface area contributed by atoms with Crippen molar-refractivity contribution < 1.29 is 9.53 Å². The van der Waals surface area contributed by atoms with E-state index < -0.39 is 0 Å². The van der Waals surface area contributed by atoms with E-state index in [1.54, 1.807) is 19.4 Å². The highest BCUT2D eigenvalue weighted by Crippen LogP contribution is 2.13. The minimum Gasteiger partial charge on any atom is -0.481 e. The first kappa shape index (κ1) is 8.71. The van der Waals surface area contributed by atoms with E-state index in [-0.39, 0.29) is 5.92 Å². The van der Waals surface area contributed by atoms with Gasteiger partial charge in [0.2, 0.25) is 5.88 Å². The third-order valence-electron chi connectivity index (χ3n) is 1.70. The molecule has 0 radical (unpaired) electrons. The predicted molar refractivity (Wildman–Crippen MR) is 45.3 cm³/mol. The van der Waals surface area contributed by atoms with Gasteiger partial charge in [-0.3, -0.25) is 0 Å². The second-order valence-electron chi connectivity index (χ2n) is 2.56. The van der Waals surface area contributed by atoms with E-state index >= 15 is 0 Å². The number of rotatable bonds is 3. The maximum Gasteiger partial charge on any atom is 0.212 e. The lowest BCUT2D eigenvalue weighted by atomic mass is 10.1. The molecule has 0 bridgehead atoms. The van der Waals surface area contributed by atoms with E-state index in [2.05, 4.69) is 4.98 Å². The highest BCUT2D eigenvalue weighted by atomic mass is 16.5. The van der Waals surface area contributed by atoms with Gasteiger partial charge < -0.3 is 9.53 Å². The Kier molecular flexibility index (Phi) is 2.80. The van der Waals surface area contributed by atoms with Crippen LogP contribution in [0.15, 0.2) is 18.3 Å². The molecule has 0 saturated heterocycles. The summed E-state index contributed by atoms with van der Waals surface area (Å²) in [6.45, 7) is 1.83. The van der Waals surface area contributed by atoms with Gasteiger partial charge >= 0.3 is 0 Å². The van der Waals surface area contributed by atoms with Gasteiger partial charge in [0.1, 0.15) is 6.29 Å². The second-order valence-corrected chi connectivity index (χ2v) is 2.56. The summed E-state index contributed by atoms with van der Waals surface area (Å²) in [4.78, 5) is 14.4. The van der Waals surface area contributed by atoms with Gasteiger partial charge in [-0.25, -0.2) is 4.98 Å². The molecule has 64 valence electrons. The molecular formula is C9H11NO2. The van der Waals surface area contributed by atoms with E-state index in [0.29, 0.717) is 5.88 Å². The van der Waals surface area contributed by atoms with Crippen molar-refractivity contribution in [3.05, 3.63) is 23.9 Å². The zero-order valence-corrected chi connectivity index (χ0v) is 7.15. The molecule has 0 fully saturated rings. The average molecular weight is 165 g/mol. The fourth-order valence-electron chi connectivity index (χ4n) is 0.860. The summed E-state index contributed by atoms with van der Waals surface area (Å²) in [5, 5.41) is 0. The Bertz CT molecular complexity index is 256. The van der Waals surface area contributed by atoms with Gasteiger partial charge in [0.05, 0.1) is 7.11 Å². The molecule has 0 saturated carbocycles. The van der Waals surface area contributed by atoms with Crippen molar-refractivity contribution in [3.8, 4) is 5.88 Å². The Hall–Kier alpha value is -1.38. The van der Waals surface area contributed by atoms with E-state index in [0.717, 1.165) is 11.8 Å². The number of hydrogen-bond acceptors (Lipinski definition) is 3. The first-order valence-electron chi connectivity index (χ1n) is 3.73. The van der Waals surface area contributed by atoms with Gasteiger partial charge in [0, 0.05) is 18.2 Å². The van der Waals surface area contributed by atoms with Crippen LogP contribution in [0.3, 0.4) is 0 Å². The normalized spacial score (nSPS) is 12.2. The highest BCUT2D eigenvalue weighted by Gasteiger charge is 2.03. The molecule has 0 spiro atoms. The Morgan fingerprint density at radius 1 is 1.58 bits per heavy atom. The molecule has 0 aliphatic rings. The average Bonchev–Trinajstić information content (AvgIpc) is 2.17. The first-order valence-corrected chi connectivity index (χ1v) is 3.73. The molecule has 1 atom stereocenters. The number of ether oxygens (including phenoxy) is 1. The maximum absolute atomic E-state index is 10.4. The smallest absolute Gasteiger partial charge is 0.212 e. The van der Waals surface area contributed by atoms with E-state index in [1.807, 2.05) is 13.0 Å². The minimum atomic E-state index is -0.0941. The Balaban J connectivity index is 2.84. The number of pyridine rings is 1. The summed E-state index contributed by atoms with van der Waals surface area (Å²) in [7, 11) is 1.56. The quantitative estimate of drug-likeness (QED) is 0.635. The van der Waals surface area contributed by atoms with E-state index in [1.165, 1.54) is 0 Å². The number of aromatic nitrogens is 1. The lowest BCUT2D eigenvalue weighted by Gasteiger charge is -2.03. The van der Waals surface area contributed by atoms with Crippen LogP contribution in [0.5, 0.6) is 5.88 Å². The zero-order chi connectivity index (χ0) is 8.97. The highest BCUT2D eigenvalue weighted by molar-refractivity contribution is 5.60. The molecule has 3 nitrogen and oxygen atoms in total. The van der Waals surface area contributed by atoms with Crippen molar-refractivity contribution in [1.82, 2.24) is 4.98 Å². The molecule has 1 aromatic rings. The molecule has 0 aliphatic carbocycles. The topological polar surface area (TPSA) is 39.2 Å². The van der Waals surface area contributed by atoms with Crippen molar-refractivity contribution in [1.29, 1.82) is 0 Å². The Morgan fingerprint density at radius 3 is 2.75 bits per heavy atom. The van der Waals surface area contributed by atoms with Gasteiger partial charge in [0.25, 0.3) is 0 Å². The van der Waals surface area contributed by atoms with Crippen molar-refractivity contribution in [2.75, 3.05) is 7.11 Å². The molecular weight excluding hydrogens is 154 g/mol. The number of methoxy groups -OCH3 is 1. The lowest BCUT2D eigenvalue weighted by Crippen LogP contribution is -1.95. The fraction of sp³-hybridized carbons (Fsp3) is 0.333. The molecule has 0 amide bonds. The SMILES string of the molecule is COc1ccc(C(C)C=O)cn1. The van der Waals surface area contributed by atoms with Crippen LogP contribution in [0.4, 0.5) is 0 Å². The largest absolute Gasteiger partial charge is 0.481 e. The van der Waals surface area contributed by atoms with Crippen LogP contribution >= 0.6 is 0 Å². The summed E-state index contributed by atoms with van der Waals surface area (Å²) >= 11 is 0. The van der Waals surface area contributed by atoms with Crippen LogP contribution in [-0.2, 0) is 4.79 Å². The standard InChI is InChI=1S/C9H11NO2/c1-7(6-11)8-3-4-9(12-2)10-5-8/h3-7H,1-2H3. The van der Waals surface area contributed by atoms with Crippen LogP contribution in [0.1, 0.15) is 18.4 Å². The van der Waals surface area contributed by atoms with Crippen molar-refractivity contribution >= 4 is 6.29 Å². The molecule has 1 aromatic heterocycles. The Labute approximate surface area is 71.4 Å². The minimum absolute atomic E-state index is 0.0941. The number of hydrogen-bond donors (Lipinski definition) is 0. The molecule has 1 unspecified atom stereocenters. The monoisotopic (exact) mass is 165 g/mol. The van der Waals surface area contributed by atoms with Crippen LogP contribution in [-0.4, -0.2) is 18.4 Å².